The van der Waals surface area contributed by atoms with Crippen LogP contribution in [0.15, 0.2) is 30.3 Å². The van der Waals surface area contributed by atoms with E-state index in [2.05, 4.69) is 27.7 Å². The minimum absolute atomic E-state index is 0.0510. The topological polar surface area (TPSA) is 104 Å². The molecule has 0 saturated carbocycles. The summed E-state index contributed by atoms with van der Waals surface area (Å²) in [6.07, 6.45) is 6.58. The average molecular weight is 493 g/mol. The Balaban J connectivity index is 1.16. The Labute approximate surface area is 212 Å². The molecular weight excluding hydrogens is 456 g/mol. The number of ether oxygens (including phenoxy) is 1. The molecule has 3 aliphatic heterocycles. The zero-order chi connectivity index (χ0) is 24.9. The van der Waals surface area contributed by atoms with Gasteiger partial charge in [0, 0.05) is 30.8 Å². The van der Waals surface area contributed by atoms with E-state index >= 15 is 0 Å². The molecule has 1 saturated heterocycles. The van der Waals surface area contributed by atoms with Gasteiger partial charge in [-0.25, -0.2) is 4.98 Å². The highest BCUT2D eigenvalue weighted by Crippen LogP contribution is 2.33. The quantitative estimate of drug-likeness (QED) is 0.493. The maximum absolute atomic E-state index is 13.3. The van der Waals surface area contributed by atoms with Crippen LogP contribution in [0.2, 0.25) is 0 Å². The summed E-state index contributed by atoms with van der Waals surface area (Å²) < 4.78 is 5.65. The van der Waals surface area contributed by atoms with Crippen LogP contribution in [-0.2, 0) is 28.9 Å². The van der Waals surface area contributed by atoms with Gasteiger partial charge in [-0.05, 0) is 74.9 Å². The van der Waals surface area contributed by atoms with Crippen LogP contribution in [-0.4, -0.2) is 59.7 Å². The third-order valence-corrected chi connectivity index (χ3v) is 7.58. The number of aliphatic carboxylic acids is 1. The van der Waals surface area contributed by atoms with Gasteiger partial charge in [-0.3, -0.25) is 9.59 Å². The monoisotopic (exact) mass is 492 g/mol. The van der Waals surface area contributed by atoms with E-state index in [-0.39, 0.29) is 18.2 Å². The standard InChI is InChI=1S/C28H36N4O4/c33-26(34)17-24(22-8-1-9-25-23(22)12-16-36-25)31-28(35)20-6-3-14-32(18-20)15-4-7-21-11-10-19-5-2-13-29-27(19)30-21/h1,8-11,20,24H,2-7,12-18H2,(H,29,30)(H,31,35)(H,33,34)/t20-,24?/m1/s1. The number of aryl methyl sites for hydroxylation is 2. The lowest BCUT2D eigenvalue weighted by molar-refractivity contribution is -0.138. The van der Waals surface area contributed by atoms with Crippen LogP contribution >= 0.6 is 0 Å². The van der Waals surface area contributed by atoms with Crippen molar-refractivity contribution in [2.45, 2.75) is 57.4 Å². The number of nitrogens with zero attached hydrogens (tertiary/aromatic N) is 2. The smallest absolute Gasteiger partial charge is 0.305 e. The zero-order valence-corrected chi connectivity index (χ0v) is 20.8. The fourth-order valence-electron chi connectivity index (χ4n) is 5.74. The lowest BCUT2D eigenvalue weighted by Crippen LogP contribution is -2.44. The molecule has 0 spiro atoms. The number of benzene rings is 1. The van der Waals surface area contributed by atoms with Gasteiger partial charge in [0.25, 0.3) is 0 Å². The number of anilines is 1. The Bertz CT molecular complexity index is 1100. The van der Waals surface area contributed by atoms with Crippen molar-refractivity contribution in [3.05, 3.63) is 52.7 Å². The van der Waals surface area contributed by atoms with Crippen molar-refractivity contribution in [1.29, 1.82) is 0 Å². The average Bonchev–Trinajstić information content (AvgIpc) is 3.37. The predicted octanol–water partition coefficient (Wildman–Crippen LogP) is 3.35. The number of piperidine rings is 1. The van der Waals surface area contributed by atoms with Crippen molar-refractivity contribution in [2.24, 2.45) is 5.92 Å². The second kappa shape index (κ2) is 11.3. The van der Waals surface area contributed by atoms with Crippen LogP contribution in [0.3, 0.4) is 0 Å². The first-order chi connectivity index (χ1) is 17.6. The Kier molecular flexibility index (Phi) is 7.70. The molecule has 8 heteroatoms. The number of likely N-dealkylation sites (tertiary alicyclic amines) is 1. The molecule has 3 aliphatic rings. The van der Waals surface area contributed by atoms with Crippen LogP contribution in [0.4, 0.5) is 5.82 Å². The number of carbonyl (C=O) groups excluding carboxylic acids is 1. The van der Waals surface area contributed by atoms with Crippen LogP contribution in [0.25, 0.3) is 0 Å². The molecular formula is C28H36N4O4. The number of carboxylic acids is 1. The van der Waals surface area contributed by atoms with Gasteiger partial charge in [-0.2, -0.15) is 0 Å². The fraction of sp³-hybridized carbons (Fsp3) is 0.536. The molecule has 36 heavy (non-hydrogen) atoms. The van der Waals surface area contributed by atoms with E-state index in [9.17, 15) is 14.7 Å². The minimum Gasteiger partial charge on any atom is -0.493 e. The molecule has 1 amide bonds. The molecule has 192 valence electrons. The number of aromatic nitrogens is 1. The molecule has 3 N–H and O–H groups in total. The summed E-state index contributed by atoms with van der Waals surface area (Å²) in [6, 6.07) is 9.49. The van der Waals surface area contributed by atoms with Crippen molar-refractivity contribution in [3.63, 3.8) is 0 Å². The molecule has 5 rings (SSSR count). The normalized spacial score (nSPS) is 19.9. The van der Waals surface area contributed by atoms with Crippen molar-refractivity contribution < 1.29 is 19.4 Å². The molecule has 1 unspecified atom stereocenters. The Morgan fingerprint density at radius 1 is 1.22 bits per heavy atom. The first kappa shape index (κ1) is 24.6. The summed E-state index contributed by atoms with van der Waals surface area (Å²) in [6.45, 7) is 4.22. The highest BCUT2D eigenvalue weighted by Gasteiger charge is 2.30. The number of carbonyl (C=O) groups is 2. The minimum atomic E-state index is -0.923. The van der Waals surface area contributed by atoms with Crippen molar-refractivity contribution in [1.82, 2.24) is 15.2 Å². The van der Waals surface area contributed by atoms with E-state index in [4.69, 9.17) is 9.72 Å². The third-order valence-electron chi connectivity index (χ3n) is 7.58. The lowest BCUT2D eigenvalue weighted by Gasteiger charge is -2.33. The van der Waals surface area contributed by atoms with Gasteiger partial charge in [0.1, 0.15) is 11.6 Å². The molecule has 8 nitrogen and oxygen atoms in total. The predicted molar refractivity (Wildman–Crippen MR) is 137 cm³/mol. The van der Waals surface area contributed by atoms with E-state index in [1.807, 2.05) is 18.2 Å². The summed E-state index contributed by atoms with van der Waals surface area (Å²) in [5.74, 6) is 0.734. The first-order valence-electron chi connectivity index (χ1n) is 13.3. The van der Waals surface area contributed by atoms with Crippen LogP contribution in [0.5, 0.6) is 5.75 Å². The number of pyridine rings is 1. The van der Waals surface area contributed by atoms with Gasteiger partial charge >= 0.3 is 5.97 Å². The number of hydrogen-bond donors (Lipinski definition) is 3. The third kappa shape index (κ3) is 5.81. The molecule has 2 aromatic rings. The van der Waals surface area contributed by atoms with Gasteiger partial charge in [-0.15, -0.1) is 0 Å². The summed E-state index contributed by atoms with van der Waals surface area (Å²) >= 11 is 0. The van der Waals surface area contributed by atoms with Gasteiger partial charge in [0.05, 0.1) is 25.0 Å². The SMILES string of the molecule is O=C(O)CC(NC(=O)[C@@H]1CCCN(CCCc2ccc3c(n2)NCCC3)C1)c1cccc2c1CCO2. The van der Waals surface area contributed by atoms with E-state index in [0.29, 0.717) is 13.2 Å². The molecule has 4 heterocycles. The van der Waals surface area contributed by atoms with E-state index < -0.39 is 12.0 Å². The summed E-state index contributed by atoms with van der Waals surface area (Å²) in [5, 5.41) is 16.0. The fourth-order valence-corrected chi connectivity index (χ4v) is 5.74. The van der Waals surface area contributed by atoms with Gasteiger partial charge in [0.2, 0.25) is 5.91 Å². The highest BCUT2D eigenvalue weighted by atomic mass is 16.5. The summed E-state index contributed by atoms with van der Waals surface area (Å²) in [4.78, 5) is 32.0. The van der Waals surface area contributed by atoms with Crippen molar-refractivity contribution >= 4 is 17.7 Å². The molecule has 0 aliphatic carbocycles. The second-order valence-corrected chi connectivity index (χ2v) is 10.2. The number of amides is 1. The summed E-state index contributed by atoms with van der Waals surface area (Å²) in [5.41, 5.74) is 4.30. The van der Waals surface area contributed by atoms with E-state index in [1.54, 1.807) is 0 Å². The summed E-state index contributed by atoms with van der Waals surface area (Å²) in [7, 11) is 0. The lowest BCUT2D eigenvalue weighted by atomic mass is 9.93. The molecule has 1 fully saturated rings. The van der Waals surface area contributed by atoms with Crippen LogP contribution in [0.1, 0.15) is 60.5 Å². The number of fused-ring (bicyclic) bond motifs is 2. The number of hydrogen-bond acceptors (Lipinski definition) is 6. The van der Waals surface area contributed by atoms with Gasteiger partial charge < -0.3 is 25.4 Å². The maximum atomic E-state index is 13.3. The van der Waals surface area contributed by atoms with Crippen molar-refractivity contribution in [2.75, 3.05) is 38.1 Å². The molecule has 0 bridgehead atoms. The molecule has 1 aromatic carbocycles. The maximum Gasteiger partial charge on any atom is 0.305 e. The van der Waals surface area contributed by atoms with Gasteiger partial charge in [0.15, 0.2) is 0 Å². The Hall–Kier alpha value is -3.13. The molecule has 2 atom stereocenters. The zero-order valence-electron chi connectivity index (χ0n) is 20.8. The number of carboxylic acid groups (broad SMARTS) is 1. The van der Waals surface area contributed by atoms with Crippen LogP contribution in [0, 0.1) is 5.92 Å². The highest BCUT2D eigenvalue weighted by molar-refractivity contribution is 5.80. The van der Waals surface area contributed by atoms with E-state index in [0.717, 1.165) is 93.0 Å². The molecule has 0 radical (unpaired) electrons. The van der Waals surface area contributed by atoms with Crippen LogP contribution < -0.4 is 15.4 Å². The Morgan fingerprint density at radius 3 is 3.03 bits per heavy atom. The largest absolute Gasteiger partial charge is 0.493 e. The number of nitrogens with one attached hydrogen (secondary N) is 2. The van der Waals surface area contributed by atoms with Crippen molar-refractivity contribution in [3.8, 4) is 5.75 Å². The molecule has 1 aromatic heterocycles. The second-order valence-electron chi connectivity index (χ2n) is 10.2. The Morgan fingerprint density at radius 2 is 2.14 bits per heavy atom. The number of rotatable bonds is 9. The van der Waals surface area contributed by atoms with E-state index in [1.165, 1.54) is 5.56 Å². The van der Waals surface area contributed by atoms with Gasteiger partial charge in [-0.1, -0.05) is 18.2 Å². The first-order valence-corrected chi connectivity index (χ1v) is 13.3.